The largest absolute Gasteiger partial charge is 0.417 e. The SMILES string of the molecule is NC1=NC12CCN(c1ncnc3[nH]ccc13)CC2.O=C(NCCOCCOCCC(=O)N1CCN(CCCc2ccc(Cl)cc2)CC1)c1ccc(C2CCN(C(=O)c3cccc4c(C(F)(F)F)cccc34)CC2)cc1. The standard InChI is InChI=1S/C44H50ClF3N4O5.C12H14N6/c45-36-15-9-32(10-16-36)4-3-21-50-24-26-51(27-25-50)41(53)19-28-56-30-31-57-29-20-49-42(54)35-13-11-33(12-14-35)34-17-22-52(23-18-34)43(55)39-7-1-6-38-37(39)5-2-8-40(38)44(46,47)48;13-11-12(17-11)2-5-18(6-3-12)10-8-1-4-14-9(8)15-7-16-10/h1-2,5-16,34H,3-4,17-31H2,(H,49,54);1,4,7H,2-3,5-6H2,(H2,13,17)(H,14,15,16). The first-order valence-electron chi connectivity index (χ1n) is 25.9. The van der Waals surface area contributed by atoms with Crippen LogP contribution in [0.1, 0.15) is 81.8 Å². The number of ether oxygens (including phenoxy) is 2. The van der Waals surface area contributed by atoms with Gasteiger partial charge in [0.2, 0.25) is 5.91 Å². The van der Waals surface area contributed by atoms with Crippen molar-refractivity contribution in [3.05, 3.63) is 136 Å². The summed E-state index contributed by atoms with van der Waals surface area (Å²) < 4.78 is 51.9. The number of aliphatic imine (C=N–C) groups is 1. The summed E-state index contributed by atoms with van der Waals surface area (Å²) in [6, 6.07) is 25.9. The van der Waals surface area contributed by atoms with Crippen molar-refractivity contribution in [2.75, 3.05) is 96.8 Å². The number of likely N-dealkylation sites (tertiary alicyclic amines) is 1. The number of rotatable bonds is 17. The quantitative estimate of drug-likeness (QED) is 0.0757. The molecule has 6 heterocycles. The molecule has 4 aliphatic rings. The molecular weight excluding hydrogens is 985 g/mol. The topological polar surface area (TPSA) is 175 Å². The lowest BCUT2D eigenvalue weighted by Gasteiger charge is -2.34. The molecule has 19 heteroatoms. The van der Waals surface area contributed by atoms with Crippen molar-refractivity contribution >= 4 is 62.8 Å². The summed E-state index contributed by atoms with van der Waals surface area (Å²) in [5, 5.41) is 5.02. The minimum Gasteiger partial charge on any atom is -0.385 e. The van der Waals surface area contributed by atoms with E-state index in [9.17, 15) is 27.6 Å². The van der Waals surface area contributed by atoms with Gasteiger partial charge in [0.05, 0.1) is 43.8 Å². The number of nitrogens with one attached hydrogen (secondary N) is 2. The monoisotopic (exact) mass is 1050 g/mol. The van der Waals surface area contributed by atoms with Gasteiger partial charge in [-0.1, -0.05) is 60.1 Å². The van der Waals surface area contributed by atoms with Crippen LogP contribution in [-0.4, -0.2) is 151 Å². The van der Waals surface area contributed by atoms with E-state index in [4.69, 9.17) is 26.8 Å². The Morgan fingerprint density at radius 1 is 0.773 bits per heavy atom. The number of anilines is 1. The van der Waals surface area contributed by atoms with E-state index in [0.29, 0.717) is 76.3 Å². The van der Waals surface area contributed by atoms with E-state index >= 15 is 0 Å². The maximum Gasteiger partial charge on any atom is 0.417 e. The fraction of sp³-hybridized carbons (Fsp3) is 0.429. The predicted octanol–water partition coefficient (Wildman–Crippen LogP) is 8.13. The molecule has 3 saturated heterocycles. The van der Waals surface area contributed by atoms with Gasteiger partial charge in [0.15, 0.2) is 0 Å². The van der Waals surface area contributed by atoms with Crippen molar-refractivity contribution in [3.8, 4) is 0 Å². The summed E-state index contributed by atoms with van der Waals surface area (Å²) >= 11 is 5.97. The number of piperazine rings is 1. The van der Waals surface area contributed by atoms with Crippen molar-refractivity contribution in [3.63, 3.8) is 0 Å². The normalized spacial score (nSPS) is 17.0. The molecule has 1 spiro atoms. The molecule has 10 rings (SSSR count). The Bertz CT molecular complexity index is 2930. The Labute approximate surface area is 439 Å². The van der Waals surface area contributed by atoms with Crippen molar-refractivity contribution in [1.29, 1.82) is 0 Å². The van der Waals surface area contributed by atoms with Gasteiger partial charge in [-0.3, -0.25) is 24.3 Å². The molecule has 15 nitrogen and oxygen atoms in total. The number of aromatic amines is 1. The van der Waals surface area contributed by atoms with Gasteiger partial charge in [0, 0.05) is 81.2 Å². The molecular formula is C56H64ClF3N10O5. The summed E-state index contributed by atoms with van der Waals surface area (Å²) in [7, 11) is 0. The minimum absolute atomic E-state index is 0.000786. The number of piperidine rings is 2. The molecule has 4 aliphatic heterocycles. The number of hydrogen-bond donors (Lipinski definition) is 3. The van der Waals surface area contributed by atoms with Crippen LogP contribution in [0.4, 0.5) is 19.0 Å². The van der Waals surface area contributed by atoms with Crippen LogP contribution in [0.5, 0.6) is 0 Å². The third-order valence-electron chi connectivity index (χ3n) is 14.8. The van der Waals surface area contributed by atoms with Crippen LogP contribution < -0.4 is 16.0 Å². The fourth-order valence-electron chi connectivity index (χ4n) is 10.4. The molecule has 4 aromatic carbocycles. The Balaban J connectivity index is 0.000000316. The van der Waals surface area contributed by atoms with E-state index in [0.717, 1.165) is 111 Å². The van der Waals surface area contributed by atoms with Gasteiger partial charge in [-0.15, -0.1) is 0 Å². The molecule has 2 aromatic heterocycles. The van der Waals surface area contributed by atoms with Crippen LogP contribution in [0.15, 0.2) is 109 Å². The second-order valence-electron chi connectivity index (χ2n) is 19.5. The van der Waals surface area contributed by atoms with Crippen molar-refractivity contribution < 1.29 is 37.0 Å². The molecule has 6 aromatic rings. The molecule has 0 unspecified atom stereocenters. The summed E-state index contributed by atoms with van der Waals surface area (Å²) in [6.07, 6.45) is 4.83. The van der Waals surface area contributed by atoms with Crippen molar-refractivity contribution in [1.82, 2.24) is 35.0 Å². The van der Waals surface area contributed by atoms with Crippen LogP contribution in [0.2, 0.25) is 5.02 Å². The molecule has 0 atom stereocenters. The number of aromatic nitrogens is 3. The van der Waals surface area contributed by atoms with Crippen LogP contribution >= 0.6 is 11.6 Å². The highest BCUT2D eigenvalue weighted by Crippen LogP contribution is 2.39. The van der Waals surface area contributed by atoms with Gasteiger partial charge in [0.25, 0.3) is 11.8 Å². The number of nitrogens with zero attached hydrogens (tertiary/aromatic N) is 7. The lowest BCUT2D eigenvalue weighted by atomic mass is 9.88. The van der Waals surface area contributed by atoms with Crippen LogP contribution in [0.25, 0.3) is 21.8 Å². The van der Waals surface area contributed by atoms with Gasteiger partial charge in [-0.25, -0.2) is 9.97 Å². The number of hydrogen-bond acceptors (Lipinski definition) is 11. The van der Waals surface area contributed by atoms with Crippen LogP contribution in [0.3, 0.4) is 0 Å². The van der Waals surface area contributed by atoms with E-state index in [-0.39, 0.29) is 40.1 Å². The van der Waals surface area contributed by atoms with Crippen molar-refractivity contribution in [2.45, 2.75) is 62.6 Å². The first kappa shape index (κ1) is 53.2. The smallest absolute Gasteiger partial charge is 0.385 e. The molecule has 0 bridgehead atoms. The second kappa shape index (κ2) is 24.4. The number of carbonyl (C=O) groups is 3. The first-order chi connectivity index (χ1) is 36.3. The summed E-state index contributed by atoms with van der Waals surface area (Å²) in [4.78, 5) is 63.2. The first-order valence-corrected chi connectivity index (χ1v) is 26.3. The second-order valence-corrected chi connectivity index (χ2v) is 20.0. The average molecular weight is 1050 g/mol. The van der Waals surface area contributed by atoms with Crippen LogP contribution in [-0.2, 0) is 26.9 Å². The minimum atomic E-state index is -4.51. The highest BCUT2D eigenvalue weighted by atomic mass is 35.5. The Morgan fingerprint density at radius 3 is 2.17 bits per heavy atom. The van der Waals surface area contributed by atoms with Gasteiger partial charge < -0.3 is 40.2 Å². The third kappa shape index (κ3) is 13.5. The van der Waals surface area contributed by atoms with Crippen LogP contribution in [0, 0.1) is 0 Å². The van der Waals surface area contributed by atoms with E-state index in [1.165, 1.54) is 23.8 Å². The Kier molecular flexibility index (Phi) is 17.3. The number of aryl methyl sites for hydroxylation is 1. The van der Waals surface area contributed by atoms with E-state index in [1.54, 1.807) is 35.5 Å². The fourth-order valence-corrected chi connectivity index (χ4v) is 10.5. The number of benzene rings is 4. The Hall–Kier alpha value is -6.60. The maximum absolute atomic E-state index is 13.6. The number of halogens is 4. The number of amidine groups is 1. The molecule has 4 N–H and O–H groups in total. The average Bonchev–Trinajstić information content (AvgIpc) is 3.78. The van der Waals surface area contributed by atoms with Gasteiger partial charge in [-0.05, 0) is 115 Å². The molecule has 0 aliphatic carbocycles. The maximum atomic E-state index is 13.6. The zero-order chi connectivity index (χ0) is 52.4. The predicted molar refractivity (Wildman–Crippen MR) is 284 cm³/mol. The number of H-pyrrole nitrogens is 1. The zero-order valence-corrected chi connectivity index (χ0v) is 42.8. The van der Waals surface area contributed by atoms with Gasteiger partial charge in [0.1, 0.15) is 29.2 Å². The van der Waals surface area contributed by atoms with Crippen molar-refractivity contribution in [2.24, 2.45) is 10.7 Å². The number of alkyl halides is 3. The lowest BCUT2D eigenvalue weighted by Crippen LogP contribution is -2.49. The Morgan fingerprint density at radius 2 is 1.47 bits per heavy atom. The third-order valence-corrected chi connectivity index (χ3v) is 15.1. The summed E-state index contributed by atoms with van der Waals surface area (Å²) in [6.45, 7) is 8.83. The molecule has 75 heavy (non-hydrogen) atoms. The molecule has 0 radical (unpaired) electrons. The highest BCUT2D eigenvalue weighted by Gasteiger charge is 2.47. The van der Waals surface area contributed by atoms with E-state index in [2.05, 4.69) is 47.2 Å². The van der Waals surface area contributed by atoms with Gasteiger partial charge in [-0.2, -0.15) is 13.2 Å². The van der Waals surface area contributed by atoms with E-state index in [1.807, 2.05) is 41.4 Å². The number of amides is 3. The molecule has 0 saturated carbocycles. The summed E-state index contributed by atoms with van der Waals surface area (Å²) in [5.74, 6) is 1.67. The number of nitrogens with two attached hydrogens (primary N) is 1. The van der Waals surface area contributed by atoms with E-state index < -0.39 is 11.7 Å². The molecule has 3 fully saturated rings. The zero-order valence-electron chi connectivity index (χ0n) is 42.0. The highest BCUT2D eigenvalue weighted by molar-refractivity contribution is 6.30. The summed E-state index contributed by atoms with van der Waals surface area (Å²) in [5.41, 5.74) is 9.10. The molecule has 396 valence electrons. The lowest BCUT2D eigenvalue weighted by molar-refractivity contribution is -0.136. The number of fused-ring (bicyclic) bond motifs is 2. The number of carbonyl (C=O) groups excluding carboxylic acids is 3. The van der Waals surface area contributed by atoms with Gasteiger partial charge >= 0.3 is 6.18 Å². The molecule has 3 amide bonds.